The number of nitrogens with zero attached hydrogens (tertiary/aromatic N) is 5. The van der Waals surface area contributed by atoms with Crippen LogP contribution >= 0.6 is 0 Å². The molecule has 35 heavy (non-hydrogen) atoms. The van der Waals surface area contributed by atoms with E-state index in [-0.39, 0.29) is 11.6 Å². The zero-order valence-electron chi connectivity index (χ0n) is 19.6. The van der Waals surface area contributed by atoms with Crippen molar-refractivity contribution in [3.05, 3.63) is 123 Å². The number of tetrazole rings is 1. The first-order valence-corrected chi connectivity index (χ1v) is 11.9. The van der Waals surface area contributed by atoms with Crippen molar-refractivity contribution in [1.82, 2.24) is 30.1 Å². The maximum Gasteiger partial charge on any atom is 0.253 e. The number of nitrogens with one attached hydrogen (secondary N) is 1. The van der Waals surface area contributed by atoms with E-state index in [1.54, 1.807) is 0 Å². The average Bonchev–Trinajstić information content (AvgIpc) is 3.32. The lowest BCUT2D eigenvalue weighted by molar-refractivity contribution is 0.194. The van der Waals surface area contributed by atoms with Crippen LogP contribution in [0.5, 0.6) is 0 Å². The van der Waals surface area contributed by atoms with E-state index in [1.165, 1.54) is 11.1 Å². The standard InChI is InChI=1S/C28H26N6O/c1-19-11-12-22-16-24(28(35)29-25(22)15-19)26(33-14-13-21-9-5-6-10-23(21)18-33)27-30-31-32-34(27)17-20-7-3-2-4-8-20/h2-12,15-16,26H,13-14,17-18H2,1H3,(H,29,35)/t26-/m1/s1. The molecule has 7 nitrogen and oxygen atoms in total. The highest BCUT2D eigenvalue weighted by atomic mass is 16.1. The zero-order chi connectivity index (χ0) is 23.8. The monoisotopic (exact) mass is 462 g/mol. The van der Waals surface area contributed by atoms with Gasteiger partial charge in [-0.3, -0.25) is 9.69 Å². The Morgan fingerprint density at radius 3 is 2.63 bits per heavy atom. The summed E-state index contributed by atoms with van der Waals surface area (Å²) in [5.41, 5.74) is 6.23. The Balaban J connectivity index is 1.48. The van der Waals surface area contributed by atoms with Crippen molar-refractivity contribution in [3.8, 4) is 0 Å². The number of benzene rings is 3. The van der Waals surface area contributed by atoms with Crippen LogP contribution in [-0.2, 0) is 19.5 Å². The fourth-order valence-electron chi connectivity index (χ4n) is 5.05. The van der Waals surface area contributed by atoms with E-state index in [0.717, 1.165) is 41.5 Å². The van der Waals surface area contributed by atoms with Gasteiger partial charge in [0.1, 0.15) is 6.04 Å². The Kier molecular flexibility index (Phi) is 5.47. The van der Waals surface area contributed by atoms with Gasteiger partial charge in [0.15, 0.2) is 5.82 Å². The summed E-state index contributed by atoms with van der Waals surface area (Å²) in [6, 6.07) is 26.4. The van der Waals surface area contributed by atoms with Crippen LogP contribution in [0.1, 0.15) is 39.7 Å². The molecule has 0 saturated heterocycles. The topological polar surface area (TPSA) is 79.7 Å². The van der Waals surface area contributed by atoms with E-state index < -0.39 is 0 Å². The molecule has 174 valence electrons. The molecule has 0 amide bonds. The second-order valence-electron chi connectivity index (χ2n) is 9.22. The minimum absolute atomic E-state index is 0.110. The van der Waals surface area contributed by atoms with E-state index >= 15 is 0 Å². The summed E-state index contributed by atoms with van der Waals surface area (Å²) in [7, 11) is 0. The van der Waals surface area contributed by atoms with Gasteiger partial charge in [-0.25, -0.2) is 4.68 Å². The Morgan fingerprint density at radius 2 is 1.77 bits per heavy atom. The van der Waals surface area contributed by atoms with Crippen molar-refractivity contribution >= 4 is 10.9 Å². The predicted octanol–water partition coefficient (Wildman–Crippen LogP) is 4.02. The number of aromatic amines is 1. The molecule has 0 radical (unpaired) electrons. The molecular formula is C28H26N6O. The maximum atomic E-state index is 13.5. The third-order valence-electron chi connectivity index (χ3n) is 6.83. The second-order valence-corrected chi connectivity index (χ2v) is 9.22. The van der Waals surface area contributed by atoms with Crippen LogP contribution < -0.4 is 5.56 Å². The largest absolute Gasteiger partial charge is 0.322 e. The maximum absolute atomic E-state index is 13.5. The molecule has 1 aliphatic heterocycles. The molecular weight excluding hydrogens is 436 g/mol. The lowest BCUT2D eigenvalue weighted by atomic mass is 9.95. The van der Waals surface area contributed by atoms with Gasteiger partial charge in [0.05, 0.1) is 6.54 Å². The number of aromatic nitrogens is 5. The number of pyridine rings is 1. The molecule has 0 unspecified atom stereocenters. The summed E-state index contributed by atoms with van der Waals surface area (Å²) in [6.07, 6.45) is 0.914. The van der Waals surface area contributed by atoms with E-state index in [2.05, 4.69) is 73.9 Å². The summed E-state index contributed by atoms with van der Waals surface area (Å²) in [5, 5.41) is 13.8. The number of hydrogen-bond acceptors (Lipinski definition) is 5. The molecule has 1 atom stereocenters. The van der Waals surface area contributed by atoms with Crippen LogP contribution in [0.15, 0.2) is 83.7 Å². The van der Waals surface area contributed by atoms with Crippen molar-refractivity contribution in [2.45, 2.75) is 32.5 Å². The first-order chi connectivity index (χ1) is 17.2. The highest BCUT2D eigenvalue weighted by molar-refractivity contribution is 5.79. The van der Waals surface area contributed by atoms with Gasteiger partial charge in [-0.2, -0.15) is 0 Å². The van der Waals surface area contributed by atoms with Crippen LogP contribution in [0.25, 0.3) is 10.9 Å². The molecule has 1 aliphatic rings. The summed E-state index contributed by atoms with van der Waals surface area (Å²) in [4.78, 5) is 18.9. The molecule has 5 aromatic rings. The lowest BCUT2D eigenvalue weighted by Gasteiger charge is -2.34. The molecule has 0 aliphatic carbocycles. The molecule has 0 fully saturated rings. The molecule has 0 saturated carbocycles. The van der Waals surface area contributed by atoms with E-state index in [1.807, 2.05) is 41.9 Å². The summed E-state index contributed by atoms with van der Waals surface area (Å²) >= 11 is 0. The number of hydrogen-bond donors (Lipinski definition) is 1. The van der Waals surface area contributed by atoms with Gasteiger partial charge < -0.3 is 4.98 Å². The first-order valence-electron chi connectivity index (χ1n) is 11.9. The van der Waals surface area contributed by atoms with Crippen LogP contribution in [0.3, 0.4) is 0 Å². The quantitative estimate of drug-likeness (QED) is 0.427. The molecule has 3 aromatic carbocycles. The average molecular weight is 463 g/mol. The Hall–Kier alpha value is -4.10. The van der Waals surface area contributed by atoms with Crippen molar-refractivity contribution < 1.29 is 0 Å². The van der Waals surface area contributed by atoms with Crippen molar-refractivity contribution in [2.75, 3.05) is 6.54 Å². The molecule has 7 heteroatoms. The van der Waals surface area contributed by atoms with Gasteiger partial charge in [0.2, 0.25) is 0 Å². The predicted molar refractivity (Wildman–Crippen MR) is 135 cm³/mol. The van der Waals surface area contributed by atoms with Crippen molar-refractivity contribution in [1.29, 1.82) is 0 Å². The number of H-pyrrole nitrogens is 1. The molecule has 1 N–H and O–H groups in total. The Bertz CT molecular complexity index is 1560. The Labute approximate surface area is 203 Å². The van der Waals surface area contributed by atoms with Gasteiger partial charge >= 0.3 is 0 Å². The normalized spacial score (nSPS) is 14.7. The van der Waals surface area contributed by atoms with E-state index in [9.17, 15) is 4.79 Å². The van der Waals surface area contributed by atoms with Crippen LogP contribution in [0.4, 0.5) is 0 Å². The molecule has 2 aromatic heterocycles. The number of fused-ring (bicyclic) bond motifs is 2. The van der Waals surface area contributed by atoms with Crippen LogP contribution in [0.2, 0.25) is 0 Å². The van der Waals surface area contributed by atoms with Crippen LogP contribution in [0, 0.1) is 6.92 Å². The highest BCUT2D eigenvalue weighted by Gasteiger charge is 2.32. The SMILES string of the molecule is Cc1ccc2cc([C@H](c3nnnn3Cc3ccccc3)N3CCc4ccccc4C3)c(=O)[nH]c2c1. The summed E-state index contributed by atoms with van der Waals surface area (Å²) in [5.74, 6) is 0.671. The van der Waals surface area contributed by atoms with Gasteiger partial charge in [-0.15, -0.1) is 5.10 Å². The van der Waals surface area contributed by atoms with Gasteiger partial charge in [-0.1, -0.05) is 66.7 Å². The smallest absolute Gasteiger partial charge is 0.253 e. The van der Waals surface area contributed by atoms with E-state index in [4.69, 9.17) is 0 Å². The van der Waals surface area contributed by atoms with Crippen molar-refractivity contribution in [2.24, 2.45) is 0 Å². The zero-order valence-corrected chi connectivity index (χ0v) is 19.6. The van der Waals surface area contributed by atoms with Crippen LogP contribution in [-0.4, -0.2) is 36.6 Å². The van der Waals surface area contributed by atoms with Gasteiger partial charge in [0.25, 0.3) is 5.56 Å². The highest BCUT2D eigenvalue weighted by Crippen LogP contribution is 2.32. The minimum atomic E-state index is -0.378. The third kappa shape index (κ3) is 4.15. The lowest BCUT2D eigenvalue weighted by Crippen LogP contribution is -2.38. The van der Waals surface area contributed by atoms with Crippen molar-refractivity contribution in [3.63, 3.8) is 0 Å². The third-order valence-corrected chi connectivity index (χ3v) is 6.83. The fourth-order valence-corrected chi connectivity index (χ4v) is 5.05. The fraction of sp³-hybridized carbons (Fsp3) is 0.214. The molecule has 6 rings (SSSR count). The number of rotatable bonds is 5. The van der Waals surface area contributed by atoms with Gasteiger partial charge in [-0.05, 0) is 63.5 Å². The first kappa shape index (κ1) is 21.4. The van der Waals surface area contributed by atoms with E-state index in [0.29, 0.717) is 17.9 Å². The summed E-state index contributed by atoms with van der Waals surface area (Å²) in [6.45, 7) is 4.10. The summed E-state index contributed by atoms with van der Waals surface area (Å²) < 4.78 is 1.82. The molecule has 0 bridgehead atoms. The second kappa shape index (κ2) is 8.92. The minimum Gasteiger partial charge on any atom is -0.322 e. The Morgan fingerprint density at radius 1 is 0.971 bits per heavy atom. The number of aryl methyl sites for hydroxylation is 1. The molecule has 0 spiro atoms. The van der Waals surface area contributed by atoms with Gasteiger partial charge in [0, 0.05) is 24.2 Å². The molecule has 3 heterocycles.